The Kier molecular flexibility index (Phi) is 3.52. The minimum atomic E-state index is 0.476. The molecular formula is C18H25N3. The lowest BCUT2D eigenvalue weighted by Gasteiger charge is -2.28. The molecule has 1 aliphatic rings. The molecule has 2 heterocycles. The van der Waals surface area contributed by atoms with Crippen LogP contribution in [0.5, 0.6) is 0 Å². The third-order valence-electron chi connectivity index (χ3n) is 5.22. The van der Waals surface area contributed by atoms with E-state index in [-0.39, 0.29) is 0 Å². The molecule has 1 fully saturated rings. The Hall–Kier alpha value is -1.77. The second kappa shape index (κ2) is 5.21. The fraction of sp³-hybridized carbons (Fsp3) is 0.500. The van der Waals surface area contributed by atoms with Gasteiger partial charge < -0.3 is 10.6 Å². The van der Waals surface area contributed by atoms with E-state index < -0.39 is 0 Å². The van der Waals surface area contributed by atoms with Gasteiger partial charge in [-0.2, -0.15) is 0 Å². The molecule has 0 saturated carbocycles. The molecule has 0 amide bonds. The first kappa shape index (κ1) is 14.2. The zero-order chi connectivity index (χ0) is 15.0. The van der Waals surface area contributed by atoms with Gasteiger partial charge in [0.15, 0.2) is 0 Å². The highest BCUT2D eigenvalue weighted by atomic mass is 15.2. The molecule has 0 radical (unpaired) electrons. The maximum Gasteiger partial charge on any atom is 0.0727 e. The third-order valence-corrected chi connectivity index (χ3v) is 5.22. The number of aromatic nitrogens is 1. The fourth-order valence-electron chi connectivity index (χ4n) is 3.58. The summed E-state index contributed by atoms with van der Waals surface area (Å²) in [6.07, 6.45) is 3.79. The summed E-state index contributed by atoms with van der Waals surface area (Å²) in [4.78, 5) is 7.17. The maximum absolute atomic E-state index is 5.99. The van der Waals surface area contributed by atoms with Crippen molar-refractivity contribution in [3.05, 3.63) is 30.0 Å². The molecule has 1 aromatic heterocycles. The van der Waals surface area contributed by atoms with Crippen LogP contribution in [0.25, 0.3) is 10.9 Å². The number of nitrogens with zero attached hydrogens (tertiary/aromatic N) is 2. The number of hydrogen-bond acceptors (Lipinski definition) is 3. The molecule has 0 aliphatic carbocycles. The number of fused-ring (bicyclic) bond motifs is 1. The molecule has 0 spiro atoms. The van der Waals surface area contributed by atoms with Crippen LogP contribution in [-0.2, 0) is 0 Å². The van der Waals surface area contributed by atoms with E-state index in [1.807, 2.05) is 12.1 Å². The van der Waals surface area contributed by atoms with E-state index in [2.05, 4.69) is 42.8 Å². The lowest BCUT2D eigenvalue weighted by molar-refractivity contribution is 0.301. The van der Waals surface area contributed by atoms with Crippen LogP contribution >= 0.6 is 0 Å². The first-order valence-electron chi connectivity index (χ1n) is 7.99. The van der Waals surface area contributed by atoms with Crippen molar-refractivity contribution in [2.45, 2.75) is 40.0 Å². The Bertz CT molecular complexity index is 659. The maximum atomic E-state index is 5.99. The van der Waals surface area contributed by atoms with Crippen molar-refractivity contribution in [1.82, 2.24) is 4.98 Å². The Morgan fingerprint density at radius 3 is 2.67 bits per heavy atom. The molecule has 3 heteroatoms. The molecule has 1 aliphatic heterocycles. The second-order valence-electron chi connectivity index (χ2n) is 6.44. The summed E-state index contributed by atoms with van der Waals surface area (Å²) in [5.41, 5.74) is 10.7. The molecule has 2 aromatic rings. The van der Waals surface area contributed by atoms with Crippen LogP contribution in [0.3, 0.4) is 0 Å². The predicted octanol–water partition coefficient (Wildman–Crippen LogP) is 4.14. The number of benzene rings is 1. The SMILES string of the molecule is CCC1(CC)CCN(c2cc(C)nc3ccc(N)cc23)C1. The highest BCUT2D eigenvalue weighted by Crippen LogP contribution is 2.41. The van der Waals surface area contributed by atoms with Gasteiger partial charge in [0.1, 0.15) is 0 Å². The Labute approximate surface area is 127 Å². The quantitative estimate of drug-likeness (QED) is 0.861. The first-order valence-corrected chi connectivity index (χ1v) is 7.99. The third kappa shape index (κ3) is 2.45. The van der Waals surface area contributed by atoms with Crippen molar-refractivity contribution < 1.29 is 0 Å². The number of nitrogens with two attached hydrogens (primary N) is 1. The number of pyridine rings is 1. The van der Waals surface area contributed by atoms with E-state index in [9.17, 15) is 0 Å². The molecule has 112 valence electrons. The van der Waals surface area contributed by atoms with E-state index in [1.54, 1.807) is 0 Å². The van der Waals surface area contributed by atoms with Crippen molar-refractivity contribution in [3.63, 3.8) is 0 Å². The van der Waals surface area contributed by atoms with Gasteiger partial charge in [-0.3, -0.25) is 4.98 Å². The van der Waals surface area contributed by atoms with Crippen LogP contribution in [0.4, 0.5) is 11.4 Å². The predicted molar refractivity (Wildman–Crippen MR) is 90.7 cm³/mol. The fourth-order valence-corrected chi connectivity index (χ4v) is 3.58. The van der Waals surface area contributed by atoms with Crippen LogP contribution in [0.15, 0.2) is 24.3 Å². The van der Waals surface area contributed by atoms with E-state index in [0.717, 1.165) is 30.0 Å². The lowest BCUT2D eigenvalue weighted by atomic mass is 9.82. The summed E-state index contributed by atoms with van der Waals surface area (Å²) in [5, 5.41) is 1.18. The first-order chi connectivity index (χ1) is 10.1. The second-order valence-corrected chi connectivity index (χ2v) is 6.44. The highest BCUT2D eigenvalue weighted by Gasteiger charge is 2.35. The van der Waals surface area contributed by atoms with Gasteiger partial charge in [0.05, 0.1) is 5.52 Å². The summed E-state index contributed by atoms with van der Waals surface area (Å²) < 4.78 is 0. The van der Waals surface area contributed by atoms with Gasteiger partial charge in [0.2, 0.25) is 0 Å². The highest BCUT2D eigenvalue weighted by molar-refractivity contribution is 5.94. The smallest absolute Gasteiger partial charge is 0.0727 e. The van der Waals surface area contributed by atoms with E-state index in [0.29, 0.717) is 5.41 Å². The summed E-state index contributed by atoms with van der Waals surface area (Å²) in [5.74, 6) is 0. The van der Waals surface area contributed by atoms with E-state index >= 15 is 0 Å². The van der Waals surface area contributed by atoms with Gasteiger partial charge in [-0.25, -0.2) is 0 Å². The molecule has 21 heavy (non-hydrogen) atoms. The summed E-state index contributed by atoms with van der Waals surface area (Å²) in [6.45, 7) is 8.99. The summed E-state index contributed by atoms with van der Waals surface area (Å²) in [6, 6.07) is 8.24. The standard InChI is InChI=1S/C18H25N3/c1-4-18(5-2)8-9-21(12-18)17-10-13(3)20-16-7-6-14(19)11-15(16)17/h6-7,10-11H,4-5,8-9,12,19H2,1-3H3. The topological polar surface area (TPSA) is 42.2 Å². The number of aryl methyl sites for hydroxylation is 1. The lowest BCUT2D eigenvalue weighted by Crippen LogP contribution is -2.26. The van der Waals surface area contributed by atoms with Gasteiger partial charge in [-0.1, -0.05) is 13.8 Å². The molecule has 3 rings (SSSR count). The van der Waals surface area contributed by atoms with Gasteiger partial charge in [0, 0.05) is 35.5 Å². The molecule has 3 nitrogen and oxygen atoms in total. The van der Waals surface area contributed by atoms with Gasteiger partial charge in [-0.05, 0) is 55.9 Å². The number of anilines is 2. The zero-order valence-electron chi connectivity index (χ0n) is 13.3. The number of rotatable bonds is 3. The zero-order valence-corrected chi connectivity index (χ0v) is 13.3. The molecule has 1 saturated heterocycles. The Morgan fingerprint density at radius 1 is 1.24 bits per heavy atom. The van der Waals surface area contributed by atoms with E-state index in [4.69, 9.17) is 5.73 Å². The molecule has 0 bridgehead atoms. The van der Waals surface area contributed by atoms with Crippen molar-refractivity contribution in [2.24, 2.45) is 5.41 Å². The number of nitrogen functional groups attached to an aromatic ring is 1. The Balaban J connectivity index is 2.06. The average Bonchev–Trinajstić information content (AvgIpc) is 2.92. The monoisotopic (exact) mass is 283 g/mol. The van der Waals surface area contributed by atoms with Crippen LogP contribution in [0, 0.1) is 12.3 Å². The van der Waals surface area contributed by atoms with Crippen LogP contribution in [0.2, 0.25) is 0 Å². The minimum absolute atomic E-state index is 0.476. The van der Waals surface area contributed by atoms with E-state index in [1.165, 1.54) is 30.3 Å². The van der Waals surface area contributed by atoms with Crippen molar-refractivity contribution in [2.75, 3.05) is 23.7 Å². The molecule has 1 aromatic carbocycles. The van der Waals surface area contributed by atoms with Crippen molar-refractivity contribution in [3.8, 4) is 0 Å². The normalized spacial score (nSPS) is 17.6. The minimum Gasteiger partial charge on any atom is -0.399 e. The van der Waals surface area contributed by atoms with Gasteiger partial charge >= 0.3 is 0 Å². The van der Waals surface area contributed by atoms with Crippen LogP contribution in [-0.4, -0.2) is 18.1 Å². The Morgan fingerprint density at radius 2 is 2.00 bits per heavy atom. The van der Waals surface area contributed by atoms with Crippen molar-refractivity contribution >= 4 is 22.3 Å². The largest absolute Gasteiger partial charge is 0.399 e. The van der Waals surface area contributed by atoms with Crippen LogP contribution in [0.1, 0.15) is 38.8 Å². The molecule has 0 atom stereocenters. The average molecular weight is 283 g/mol. The van der Waals surface area contributed by atoms with Gasteiger partial charge in [0.25, 0.3) is 0 Å². The number of hydrogen-bond donors (Lipinski definition) is 1. The van der Waals surface area contributed by atoms with Crippen molar-refractivity contribution in [1.29, 1.82) is 0 Å². The molecular weight excluding hydrogens is 258 g/mol. The van der Waals surface area contributed by atoms with Gasteiger partial charge in [-0.15, -0.1) is 0 Å². The molecule has 2 N–H and O–H groups in total. The van der Waals surface area contributed by atoms with Crippen LogP contribution < -0.4 is 10.6 Å². The summed E-state index contributed by atoms with van der Waals surface area (Å²) in [7, 11) is 0. The molecule has 0 unspecified atom stereocenters. The summed E-state index contributed by atoms with van der Waals surface area (Å²) >= 11 is 0.